The highest BCUT2D eigenvalue weighted by molar-refractivity contribution is 5.47. The zero-order valence-corrected chi connectivity index (χ0v) is 9.70. The van der Waals surface area contributed by atoms with Gasteiger partial charge in [0.15, 0.2) is 11.5 Å². The zero-order chi connectivity index (χ0) is 11.6. The van der Waals surface area contributed by atoms with Crippen molar-refractivity contribution in [3.63, 3.8) is 0 Å². The van der Waals surface area contributed by atoms with E-state index in [1.807, 2.05) is 0 Å². The summed E-state index contributed by atoms with van der Waals surface area (Å²) in [4.78, 5) is 8.18. The van der Waals surface area contributed by atoms with Crippen molar-refractivity contribution in [3.05, 3.63) is 18.1 Å². The van der Waals surface area contributed by atoms with E-state index in [1.54, 1.807) is 12.4 Å². The average Bonchev–Trinajstić information content (AvgIpc) is 2.59. The topological polar surface area (TPSA) is 61.6 Å². The van der Waals surface area contributed by atoms with E-state index < -0.39 is 0 Å². The molecule has 1 aromatic heterocycles. The van der Waals surface area contributed by atoms with Gasteiger partial charge in [-0.05, 0) is 18.3 Å². The summed E-state index contributed by atoms with van der Waals surface area (Å²) in [5, 5.41) is 12.3. The summed E-state index contributed by atoms with van der Waals surface area (Å²) in [7, 11) is 0. The minimum Gasteiger partial charge on any atom is -0.364 e. The lowest BCUT2D eigenvalue weighted by molar-refractivity contribution is 0.349. The Kier molecular flexibility index (Phi) is 2.78. The quantitative estimate of drug-likeness (QED) is 0.824. The third-order valence-electron chi connectivity index (χ3n) is 3.37. The molecule has 0 spiro atoms. The standard InChI is InChI=1S/C12H16N4/c1-12(2)5-3-4-10(12)16-11-9(8-13)14-6-7-15-11/h6-7,10H,3-5H2,1-2H3,(H,15,16). The van der Waals surface area contributed by atoms with Gasteiger partial charge in [-0.3, -0.25) is 0 Å². The Bertz CT molecular complexity index is 419. The Labute approximate surface area is 95.7 Å². The monoisotopic (exact) mass is 216 g/mol. The van der Waals surface area contributed by atoms with Gasteiger partial charge >= 0.3 is 0 Å². The SMILES string of the molecule is CC1(C)CCCC1Nc1nccnc1C#N. The third kappa shape index (κ3) is 1.99. The zero-order valence-electron chi connectivity index (χ0n) is 9.70. The first-order chi connectivity index (χ1) is 7.63. The number of rotatable bonds is 2. The van der Waals surface area contributed by atoms with Crippen molar-refractivity contribution < 1.29 is 0 Å². The van der Waals surface area contributed by atoms with Gasteiger partial charge in [0.1, 0.15) is 6.07 Å². The smallest absolute Gasteiger partial charge is 0.182 e. The predicted molar refractivity (Wildman–Crippen MR) is 61.8 cm³/mol. The van der Waals surface area contributed by atoms with Crippen LogP contribution in [0.1, 0.15) is 38.8 Å². The summed E-state index contributed by atoms with van der Waals surface area (Å²) in [5.74, 6) is 0.616. The first-order valence-electron chi connectivity index (χ1n) is 5.61. The molecule has 4 heteroatoms. The van der Waals surface area contributed by atoms with Crippen LogP contribution in [0.15, 0.2) is 12.4 Å². The fourth-order valence-electron chi connectivity index (χ4n) is 2.28. The number of nitriles is 1. The van der Waals surface area contributed by atoms with Crippen LogP contribution >= 0.6 is 0 Å². The molecule has 16 heavy (non-hydrogen) atoms. The molecule has 1 heterocycles. The van der Waals surface area contributed by atoms with E-state index in [0.29, 0.717) is 17.6 Å². The molecular formula is C12H16N4. The number of hydrogen-bond acceptors (Lipinski definition) is 4. The molecule has 0 aromatic carbocycles. The molecule has 2 rings (SSSR count). The second-order valence-corrected chi connectivity index (χ2v) is 4.94. The maximum Gasteiger partial charge on any atom is 0.182 e. The van der Waals surface area contributed by atoms with Crippen LogP contribution in [-0.4, -0.2) is 16.0 Å². The average molecular weight is 216 g/mol. The van der Waals surface area contributed by atoms with Crippen molar-refractivity contribution >= 4 is 5.82 Å². The largest absolute Gasteiger partial charge is 0.364 e. The fourth-order valence-corrected chi connectivity index (χ4v) is 2.28. The van der Waals surface area contributed by atoms with Crippen LogP contribution in [-0.2, 0) is 0 Å². The molecule has 1 saturated carbocycles. The molecule has 1 unspecified atom stereocenters. The summed E-state index contributed by atoms with van der Waals surface area (Å²) in [6.07, 6.45) is 6.74. The molecule has 0 aliphatic heterocycles. The molecule has 1 aliphatic rings. The molecule has 0 amide bonds. The molecule has 1 atom stereocenters. The van der Waals surface area contributed by atoms with E-state index in [4.69, 9.17) is 5.26 Å². The molecule has 84 valence electrons. The van der Waals surface area contributed by atoms with Crippen molar-refractivity contribution in [1.29, 1.82) is 5.26 Å². The Morgan fingerprint density at radius 2 is 2.19 bits per heavy atom. The van der Waals surface area contributed by atoms with Crippen molar-refractivity contribution in [2.75, 3.05) is 5.32 Å². The lowest BCUT2D eigenvalue weighted by Gasteiger charge is -2.28. The van der Waals surface area contributed by atoms with Gasteiger partial charge in [0, 0.05) is 18.4 Å². The van der Waals surface area contributed by atoms with Gasteiger partial charge in [-0.1, -0.05) is 20.3 Å². The van der Waals surface area contributed by atoms with Gasteiger partial charge < -0.3 is 5.32 Å². The Morgan fingerprint density at radius 1 is 1.44 bits per heavy atom. The number of anilines is 1. The Balaban J connectivity index is 2.18. The van der Waals surface area contributed by atoms with Crippen LogP contribution < -0.4 is 5.32 Å². The third-order valence-corrected chi connectivity index (χ3v) is 3.37. The van der Waals surface area contributed by atoms with Crippen LogP contribution in [0.5, 0.6) is 0 Å². The van der Waals surface area contributed by atoms with Crippen LogP contribution in [0.2, 0.25) is 0 Å². The van der Waals surface area contributed by atoms with Crippen LogP contribution in [0, 0.1) is 16.7 Å². The maximum absolute atomic E-state index is 8.93. The molecule has 1 fully saturated rings. The molecule has 1 aliphatic carbocycles. The summed E-state index contributed by atoms with van der Waals surface area (Å²) >= 11 is 0. The second-order valence-electron chi connectivity index (χ2n) is 4.94. The number of nitrogens with one attached hydrogen (secondary N) is 1. The van der Waals surface area contributed by atoms with Gasteiger partial charge in [-0.2, -0.15) is 5.26 Å². The molecule has 0 saturated heterocycles. The molecule has 0 radical (unpaired) electrons. The first kappa shape index (κ1) is 10.9. The second kappa shape index (κ2) is 4.09. The molecular weight excluding hydrogens is 200 g/mol. The maximum atomic E-state index is 8.93. The van der Waals surface area contributed by atoms with Crippen molar-refractivity contribution in [3.8, 4) is 6.07 Å². The van der Waals surface area contributed by atoms with E-state index in [0.717, 1.165) is 6.42 Å². The Hall–Kier alpha value is -1.63. The van der Waals surface area contributed by atoms with Crippen molar-refractivity contribution in [2.45, 2.75) is 39.2 Å². The van der Waals surface area contributed by atoms with Gasteiger partial charge in [0.2, 0.25) is 0 Å². The summed E-state index contributed by atoms with van der Waals surface area (Å²) in [6, 6.07) is 2.45. The minimum atomic E-state index is 0.268. The van der Waals surface area contributed by atoms with E-state index in [2.05, 4.69) is 35.2 Å². The van der Waals surface area contributed by atoms with E-state index in [-0.39, 0.29) is 5.41 Å². The van der Waals surface area contributed by atoms with Crippen LogP contribution in [0.4, 0.5) is 5.82 Å². The number of aromatic nitrogens is 2. The normalized spacial score (nSPS) is 22.7. The lowest BCUT2D eigenvalue weighted by Crippen LogP contribution is -2.31. The van der Waals surface area contributed by atoms with Crippen molar-refractivity contribution in [1.82, 2.24) is 9.97 Å². The molecule has 0 bridgehead atoms. The van der Waals surface area contributed by atoms with E-state index >= 15 is 0 Å². The highest BCUT2D eigenvalue weighted by atomic mass is 15.1. The highest BCUT2D eigenvalue weighted by Crippen LogP contribution is 2.38. The van der Waals surface area contributed by atoms with E-state index in [1.165, 1.54) is 12.8 Å². The highest BCUT2D eigenvalue weighted by Gasteiger charge is 2.34. The number of hydrogen-bond donors (Lipinski definition) is 1. The van der Waals surface area contributed by atoms with Gasteiger partial charge in [-0.25, -0.2) is 9.97 Å². The minimum absolute atomic E-state index is 0.268. The summed E-state index contributed by atoms with van der Waals surface area (Å²) in [6.45, 7) is 4.50. The van der Waals surface area contributed by atoms with Crippen LogP contribution in [0.25, 0.3) is 0 Å². The number of nitrogens with zero attached hydrogens (tertiary/aromatic N) is 3. The first-order valence-corrected chi connectivity index (χ1v) is 5.61. The van der Waals surface area contributed by atoms with Crippen molar-refractivity contribution in [2.24, 2.45) is 5.41 Å². The molecule has 1 aromatic rings. The van der Waals surface area contributed by atoms with Gasteiger partial charge in [0.05, 0.1) is 0 Å². The fraction of sp³-hybridized carbons (Fsp3) is 0.583. The van der Waals surface area contributed by atoms with Gasteiger partial charge in [-0.15, -0.1) is 0 Å². The Morgan fingerprint density at radius 3 is 2.81 bits per heavy atom. The summed E-state index contributed by atoms with van der Waals surface area (Å²) < 4.78 is 0. The van der Waals surface area contributed by atoms with E-state index in [9.17, 15) is 0 Å². The lowest BCUT2D eigenvalue weighted by atomic mass is 9.87. The summed E-state index contributed by atoms with van der Waals surface area (Å²) in [5.41, 5.74) is 0.648. The van der Waals surface area contributed by atoms with Gasteiger partial charge in [0.25, 0.3) is 0 Å². The van der Waals surface area contributed by atoms with Crippen LogP contribution in [0.3, 0.4) is 0 Å². The molecule has 1 N–H and O–H groups in total. The molecule has 4 nitrogen and oxygen atoms in total. The predicted octanol–water partition coefficient (Wildman–Crippen LogP) is 2.34.